The van der Waals surface area contributed by atoms with Crippen LogP contribution in [0.3, 0.4) is 0 Å². The number of para-hydroxylation sites is 1. The third-order valence-corrected chi connectivity index (χ3v) is 7.28. The molecule has 0 bridgehead atoms. The predicted octanol–water partition coefficient (Wildman–Crippen LogP) is 3.65. The topological polar surface area (TPSA) is 97.8 Å². The van der Waals surface area contributed by atoms with Crippen molar-refractivity contribution in [2.24, 2.45) is 0 Å². The summed E-state index contributed by atoms with van der Waals surface area (Å²) in [5.41, 5.74) is 1.84. The SMILES string of the molecule is CCOc1ccccc1-c1nc(CC(=O)Nc2ccc(OC)c(S(=O)(=O)N(C)C)c2)cs1. The maximum absolute atomic E-state index is 12.6. The third kappa shape index (κ3) is 5.26. The van der Waals surface area contributed by atoms with Gasteiger partial charge in [-0.25, -0.2) is 17.7 Å². The highest BCUT2D eigenvalue weighted by Gasteiger charge is 2.23. The molecule has 170 valence electrons. The molecule has 0 spiro atoms. The van der Waals surface area contributed by atoms with Crippen LogP contribution in [0.5, 0.6) is 11.5 Å². The van der Waals surface area contributed by atoms with E-state index in [0.29, 0.717) is 18.0 Å². The summed E-state index contributed by atoms with van der Waals surface area (Å²) in [5, 5.41) is 5.33. The van der Waals surface area contributed by atoms with E-state index in [9.17, 15) is 13.2 Å². The Bertz CT molecular complexity index is 1210. The summed E-state index contributed by atoms with van der Waals surface area (Å²) in [7, 11) is 0.524. The molecule has 0 atom stereocenters. The van der Waals surface area contributed by atoms with Gasteiger partial charge in [0.15, 0.2) is 0 Å². The summed E-state index contributed by atoms with van der Waals surface area (Å²) >= 11 is 1.43. The van der Waals surface area contributed by atoms with Gasteiger partial charge in [0.1, 0.15) is 21.4 Å². The van der Waals surface area contributed by atoms with Crippen LogP contribution in [-0.2, 0) is 21.2 Å². The predicted molar refractivity (Wildman–Crippen MR) is 125 cm³/mol. The zero-order valence-electron chi connectivity index (χ0n) is 18.3. The van der Waals surface area contributed by atoms with Crippen LogP contribution in [0, 0.1) is 0 Å². The van der Waals surface area contributed by atoms with Crippen molar-refractivity contribution in [3.05, 3.63) is 53.5 Å². The average Bonchev–Trinajstić information content (AvgIpc) is 3.22. The van der Waals surface area contributed by atoms with Crippen molar-refractivity contribution in [1.29, 1.82) is 0 Å². The van der Waals surface area contributed by atoms with Gasteiger partial charge in [-0.2, -0.15) is 0 Å². The van der Waals surface area contributed by atoms with Gasteiger partial charge in [0.25, 0.3) is 0 Å². The van der Waals surface area contributed by atoms with Gasteiger partial charge in [0, 0.05) is 25.2 Å². The number of carbonyl (C=O) groups is 1. The quantitative estimate of drug-likeness (QED) is 0.507. The molecule has 8 nitrogen and oxygen atoms in total. The van der Waals surface area contributed by atoms with Gasteiger partial charge in [0.2, 0.25) is 15.9 Å². The van der Waals surface area contributed by atoms with Crippen LogP contribution in [0.2, 0.25) is 0 Å². The molecular formula is C22H25N3O5S2. The lowest BCUT2D eigenvalue weighted by molar-refractivity contribution is -0.115. The number of hydrogen-bond donors (Lipinski definition) is 1. The Labute approximate surface area is 191 Å². The fraction of sp³-hybridized carbons (Fsp3) is 0.273. The third-order valence-electron chi connectivity index (χ3n) is 4.52. The zero-order chi connectivity index (χ0) is 23.3. The number of nitrogens with zero attached hydrogens (tertiary/aromatic N) is 2. The second-order valence-electron chi connectivity index (χ2n) is 6.95. The zero-order valence-corrected chi connectivity index (χ0v) is 19.9. The highest BCUT2D eigenvalue weighted by molar-refractivity contribution is 7.89. The Morgan fingerprint density at radius 2 is 1.91 bits per heavy atom. The summed E-state index contributed by atoms with van der Waals surface area (Å²) < 4.78 is 37.1. The molecule has 0 radical (unpaired) electrons. The first-order valence-corrected chi connectivity index (χ1v) is 12.1. The molecule has 1 N–H and O–H groups in total. The van der Waals surface area contributed by atoms with Crippen molar-refractivity contribution >= 4 is 33.0 Å². The Hall–Kier alpha value is -2.95. The standard InChI is InChI=1S/C22H25N3O5S2/c1-5-30-18-9-7-6-8-17(18)22-24-16(14-31-22)13-21(26)23-15-10-11-19(29-4)20(12-15)32(27,28)25(2)3/h6-12,14H,5,13H2,1-4H3,(H,23,26). The molecule has 0 aliphatic heterocycles. The van der Waals surface area contributed by atoms with E-state index in [-0.39, 0.29) is 23.0 Å². The molecule has 0 saturated heterocycles. The van der Waals surface area contributed by atoms with Crippen molar-refractivity contribution in [2.75, 3.05) is 33.1 Å². The minimum atomic E-state index is -3.74. The Balaban J connectivity index is 1.76. The smallest absolute Gasteiger partial charge is 0.246 e. The molecule has 10 heteroatoms. The summed E-state index contributed by atoms with van der Waals surface area (Å²) in [6, 6.07) is 12.1. The summed E-state index contributed by atoms with van der Waals surface area (Å²) in [4.78, 5) is 17.1. The molecular weight excluding hydrogens is 450 g/mol. The molecule has 3 aromatic rings. The minimum absolute atomic E-state index is 0.0220. The lowest BCUT2D eigenvalue weighted by Gasteiger charge is -2.15. The average molecular weight is 476 g/mol. The molecule has 0 aliphatic carbocycles. The Kier molecular flexibility index (Phi) is 7.49. The van der Waals surface area contributed by atoms with Crippen LogP contribution in [-0.4, -0.2) is 51.4 Å². The Morgan fingerprint density at radius 1 is 1.16 bits per heavy atom. The van der Waals surface area contributed by atoms with Gasteiger partial charge >= 0.3 is 0 Å². The maximum Gasteiger partial charge on any atom is 0.246 e. The van der Waals surface area contributed by atoms with Gasteiger partial charge in [-0.15, -0.1) is 11.3 Å². The highest BCUT2D eigenvalue weighted by atomic mass is 32.2. The monoisotopic (exact) mass is 475 g/mol. The molecule has 0 saturated carbocycles. The van der Waals surface area contributed by atoms with Crippen molar-refractivity contribution < 1.29 is 22.7 Å². The fourth-order valence-corrected chi connectivity index (χ4v) is 4.88. The molecule has 1 heterocycles. The normalized spacial score (nSPS) is 11.4. The minimum Gasteiger partial charge on any atom is -0.495 e. The van der Waals surface area contributed by atoms with E-state index in [1.165, 1.54) is 44.7 Å². The first kappa shape index (κ1) is 23.7. The van der Waals surface area contributed by atoms with E-state index >= 15 is 0 Å². The van der Waals surface area contributed by atoms with E-state index in [2.05, 4.69) is 10.3 Å². The number of sulfonamides is 1. The van der Waals surface area contributed by atoms with E-state index < -0.39 is 10.0 Å². The molecule has 1 aromatic heterocycles. The second kappa shape index (κ2) is 10.1. The van der Waals surface area contributed by atoms with Crippen LogP contribution < -0.4 is 14.8 Å². The number of methoxy groups -OCH3 is 1. The number of nitrogens with one attached hydrogen (secondary N) is 1. The number of rotatable bonds is 9. The van der Waals surface area contributed by atoms with E-state index in [1.807, 2.05) is 36.6 Å². The fourth-order valence-electron chi connectivity index (χ4n) is 2.96. The van der Waals surface area contributed by atoms with E-state index in [0.717, 1.165) is 20.6 Å². The second-order valence-corrected chi connectivity index (χ2v) is 9.93. The van der Waals surface area contributed by atoms with Crippen molar-refractivity contribution in [3.63, 3.8) is 0 Å². The van der Waals surface area contributed by atoms with Crippen molar-refractivity contribution in [1.82, 2.24) is 9.29 Å². The van der Waals surface area contributed by atoms with Gasteiger partial charge in [-0.1, -0.05) is 12.1 Å². The number of ether oxygens (including phenoxy) is 2. The number of thiazole rings is 1. The molecule has 1 amide bonds. The lowest BCUT2D eigenvalue weighted by Crippen LogP contribution is -2.23. The molecule has 0 unspecified atom stereocenters. The molecule has 32 heavy (non-hydrogen) atoms. The molecule has 2 aromatic carbocycles. The van der Waals surface area contributed by atoms with E-state index in [4.69, 9.17) is 9.47 Å². The summed E-state index contributed by atoms with van der Waals surface area (Å²) in [6.45, 7) is 2.47. The van der Waals surface area contributed by atoms with Crippen LogP contribution in [0.1, 0.15) is 12.6 Å². The number of carbonyl (C=O) groups excluding carboxylic acids is 1. The molecule has 3 rings (SSSR count). The van der Waals surface area contributed by atoms with Crippen LogP contribution >= 0.6 is 11.3 Å². The number of aromatic nitrogens is 1. The summed E-state index contributed by atoms with van der Waals surface area (Å²) in [5.74, 6) is 0.639. The first-order valence-electron chi connectivity index (χ1n) is 9.83. The van der Waals surface area contributed by atoms with Gasteiger partial charge in [-0.05, 0) is 37.3 Å². The number of anilines is 1. The molecule has 0 aliphatic rings. The van der Waals surface area contributed by atoms with Gasteiger partial charge in [0.05, 0.1) is 31.4 Å². The molecule has 0 fully saturated rings. The first-order chi connectivity index (χ1) is 15.3. The lowest BCUT2D eigenvalue weighted by atomic mass is 10.2. The largest absolute Gasteiger partial charge is 0.495 e. The van der Waals surface area contributed by atoms with Crippen LogP contribution in [0.15, 0.2) is 52.7 Å². The number of benzene rings is 2. The van der Waals surface area contributed by atoms with Crippen LogP contribution in [0.25, 0.3) is 10.6 Å². The highest BCUT2D eigenvalue weighted by Crippen LogP contribution is 2.32. The summed E-state index contributed by atoms with van der Waals surface area (Å²) in [6.07, 6.45) is 0.0507. The van der Waals surface area contributed by atoms with Gasteiger partial charge in [-0.3, -0.25) is 4.79 Å². The van der Waals surface area contributed by atoms with E-state index in [1.54, 1.807) is 6.07 Å². The Morgan fingerprint density at radius 3 is 2.59 bits per heavy atom. The maximum atomic E-state index is 12.6. The number of hydrogen-bond acceptors (Lipinski definition) is 7. The van der Waals surface area contributed by atoms with Crippen molar-refractivity contribution in [3.8, 4) is 22.1 Å². The van der Waals surface area contributed by atoms with Crippen LogP contribution in [0.4, 0.5) is 5.69 Å². The van der Waals surface area contributed by atoms with Gasteiger partial charge < -0.3 is 14.8 Å². The van der Waals surface area contributed by atoms with Crippen molar-refractivity contribution in [2.45, 2.75) is 18.2 Å². The number of amides is 1.